The first-order chi connectivity index (χ1) is 14.4. The van der Waals surface area contributed by atoms with Crippen LogP contribution in [0.1, 0.15) is 33.3 Å². The second-order valence-corrected chi connectivity index (χ2v) is 8.24. The molecule has 2 rings (SSSR count). The molecule has 1 heterocycles. The molecule has 4 unspecified atom stereocenters. The molecular weight excluding hydrogens is 418 g/mol. The van der Waals surface area contributed by atoms with Crippen molar-refractivity contribution in [3.8, 4) is 0 Å². The monoisotopic (exact) mass is 446 g/mol. The number of ether oxygens (including phenoxy) is 3. The van der Waals surface area contributed by atoms with E-state index < -0.39 is 59.2 Å². The van der Waals surface area contributed by atoms with E-state index in [9.17, 15) is 28.8 Å². The van der Waals surface area contributed by atoms with E-state index in [1.807, 2.05) is 0 Å². The molecule has 1 aromatic carbocycles. The quantitative estimate of drug-likeness (QED) is 0.506. The van der Waals surface area contributed by atoms with Crippen LogP contribution in [0.15, 0.2) is 18.2 Å². The summed E-state index contributed by atoms with van der Waals surface area (Å²) >= 11 is 0. The van der Waals surface area contributed by atoms with Gasteiger partial charge in [0.2, 0.25) is 6.04 Å². The molecule has 0 aromatic heterocycles. The standard InChI is InChI=1S/C20H28F2N2O7/c1-5-29-17-10-23(19(26)31-20(2,3)4)16(11-30-17)18(25)15(24(27)28)8-12-6-13(21)9-14(22)7-12/h6-7,9,15-18,25H,5,8,10-11H2,1-4H3. The van der Waals surface area contributed by atoms with E-state index in [1.54, 1.807) is 27.7 Å². The van der Waals surface area contributed by atoms with E-state index in [2.05, 4.69) is 0 Å². The summed E-state index contributed by atoms with van der Waals surface area (Å²) in [4.78, 5) is 24.8. The highest BCUT2D eigenvalue weighted by Crippen LogP contribution is 2.23. The molecule has 0 aliphatic carbocycles. The van der Waals surface area contributed by atoms with Crippen LogP contribution in [-0.4, -0.2) is 70.9 Å². The molecule has 1 aliphatic heterocycles. The third-order valence-electron chi connectivity index (χ3n) is 4.61. The van der Waals surface area contributed by atoms with Crippen LogP contribution in [0.25, 0.3) is 0 Å². The van der Waals surface area contributed by atoms with Crippen molar-refractivity contribution in [1.82, 2.24) is 4.90 Å². The van der Waals surface area contributed by atoms with Crippen molar-refractivity contribution in [2.45, 2.75) is 64.2 Å². The summed E-state index contributed by atoms with van der Waals surface area (Å²) in [6.45, 7) is 6.68. The summed E-state index contributed by atoms with van der Waals surface area (Å²) in [6.07, 6.45) is -3.72. The number of aliphatic hydroxyl groups is 1. The molecular formula is C20H28F2N2O7. The molecule has 1 N–H and O–H groups in total. The lowest BCUT2D eigenvalue weighted by Crippen LogP contribution is -2.61. The molecule has 31 heavy (non-hydrogen) atoms. The lowest BCUT2D eigenvalue weighted by Gasteiger charge is -2.41. The second-order valence-electron chi connectivity index (χ2n) is 8.24. The maximum Gasteiger partial charge on any atom is 0.410 e. The minimum absolute atomic E-state index is 0.00555. The Morgan fingerprint density at radius 3 is 2.48 bits per heavy atom. The first kappa shape index (κ1) is 24.9. The maximum absolute atomic E-state index is 13.5. The number of halogens is 2. The van der Waals surface area contributed by atoms with Crippen LogP contribution in [0.3, 0.4) is 0 Å². The molecule has 1 aliphatic rings. The summed E-state index contributed by atoms with van der Waals surface area (Å²) in [5, 5.41) is 22.5. The first-order valence-corrected chi connectivity index (χ1v) is 9.90. The zero-order chi connectivity index (χ0) is 23.3. The number of amides is 1. The third-order valence-corrected chi connectivity index (χ3v) is 4.61. The van der Waals surface area contributed by atoms with Gasteiger partial charge in [0, 0.05) is 24.0 Å². The molecule has 0 radical (unpaired) electrons. The molecule has 9 nitrogen and oxygen atoms in total. The number of rotatable bonds is 7. The van der Waals surface area contributed by atoms with Crippen molar-refractivity contribution in [2.75, 3.05) is 19.8 Å². The summed E-state index contributed by atoms with van der Waals surface area (Å²) in [6, 6.07) is -0.210. The largest absolute Gasteiger partial charge is 0.444 e. The van der Waals surface area contributed by atoms with E-state index in [0.29, 0.717) is 12.7 Å². The summed E-state index contributed by atoms with van der Waals surface area (Å²) in [5.74, 6) is -1.77. The van der Waals surface area contributed by atoms with Crippen LogP contribution >= 0.6 is 0 Å². The van der Waals surface area contributed by atoms with Crippen molar-refractivity contribution in [1.29, 1.82) is 0 Å². The van der Waals surface area contributed by atoms with Gasteiger partial charge in [-0.05, 0) is 45.4 Å². The highest BCUT2D eigenvalue weighted by Gasteiger charge is 2.45. The number of hydrogen-bond acceptors (Lipinski definition) is 7. The van der Waals surface area contributed by atoms with Gasteiger partial charge in [0.05, 0.1) is 19.2 Å². The zero-order valence-electron chi connectivity index (χ0n) is 17.9. The number of benzene rings is 1. The van der Waals surface area contributed by atoms with Gasteiger partial charge in [-0.1, -0.05) is 0 Å². The fourth-order valence-electron chi connectivity index (χ4n) is 3.29. The van der Waals surface area contributed by atoms with E-state index in [1.165, 1.54) is 0 Å². The van der Waals surface area contributed by atoms with Gasteiger partial charge in [0.15, 0.2) is 6.29 Å². The highest BCUT2D eigenvalue weighted by molar-refractivity contribution is 5.69. The van der Waals surface area contributed by atoms with Crippen LogP contribution in [0.4, 0.5) is 13.6 Å². The van der Waals surface area contributed by atoms with Crippen molar-refractivity contribution in [3.05, 3.63) is 45.5 Å². The Kier molecular flexibility index (Phi) is 8.27. The van der Waals surface area contributed by atoms with E-state index in [4.69, 9.17) is 14.2 Å². The lowest BCUT2D eigenvalue weighted by molar-refractivity contribution is -0.536. The number of nitro groups is 1. The average molecular weight is 446 g/mol. The van der Waals surface area contributed by atoms with Crippen LogP contribution < -0.4 is 0 Å². The van der Waals surface area contributed by atoms with E-state index >= 15 is 0 Å². The summed E-state index contributed by atoms with van der Waals surface area (Å²) in [7, 11) is 0. The molecule has 174 valence electrons. The van der Waals surface area contributed by atoms with Gasteiger partial charge < -0.3 is 19.3 Å². The molecule has 1 fully saturated rings. The molecule has 1 saturated heterocycles. The predicted octanol–water partition coefficient (Wildman–Crippen LogP) is 2.51. The Bertz CT molecular complexity index is 767. The van der Waals surface area contributed by atoms with E-state index in [0.717, 1.165) is 17.0 Å². The molecule has 4 atom stereocenters. The normalized spacial score (nSPS) is 21.5. The van der Waals surface area contributed by atoms with Crippen molar-refractivity contribution in [2.24, 2.45) is 0 Å². The number of nitrogens with zero attached hydrogens (tertiary/aromatic N) is 2. The number of carbonyl (C=O) groups is 1. The first-order valence-electron chi connectivity index (χ1n) is 9.90. The number of carbonyl (C=O) groups excluding carboxylic acids is 1. The third kappa shape index (κ3) is 7.08. The fourth-order valence-corrected chi connectivity index (χ4v) is 3.29. The minimum Gasteiger partial charge on any atom is -0.444 e. The van der Waals surface area contributed by atoms with Crippen molar-refractivity contribution in [3.63, 3.8) is 0 Å². The smallest absolute Gasteiger partial charge is 0.410 e. The Labute approximate surface area is 179 Å². The van der Waals surface area contributed by atoms with Gasteiger partial charge in [0.25, 0.3) is 0 Å². The molecule has 1 aromatic rings. The van der Waals surface area contributed by atoms with Crippen molar-refractivity contribution < 1.29 is 37.8 Å². The Morgan fingerprint density at radius 2 is 1.97 bits per heavy atom. The van der Waals surface area contributed by atoms with Gasteiger partial charge in [0.1, 0.15) is 23.3 Å². The Morgan fingerprint density at radius 1 is 1.35 bits per heavy atom. The second kappa shape index (κ2) is 10.3. The molecule has 0 spiro atoms. The molecule has 1 amide bonds. The van der Waals surface area contributed by atoms with Crippen LogP contribution in [0.5, 0.6) is 0 Å². The Hall–Kier alpha value is -2.37. The molecule has 0 saturated carbocycles. The highest BCUT2D eigenvalue weighted by atomic mass is 19.1. The summed E-state index contributed by atoms with van der Waals surface area (Å²) in [5.41, 5.74) is -0.834. The predicted molar refractivity (Wildman–Crippen MR) is 105 cm³/mol. The van der Waals surface area contributed by atoms with E-state index in [-0.39, 0.29) is 18.7 Å². The Balaban J connectivity index is 2.27. The number of hydrogen-bond donors (Lipinski definition) is 1. The minimum atomic E-state index is -1.70. The van der Waals surface area contributed by atoms with Crippen LogP contribution in [0.2, 0.25) is 0 Å². The summed E-state index contributed by atoms with van der Waals surface area (Å²) < 4.78 is 43.3. The lowest BCUT2D eigenvalue weighted by atomic mass is 9.95. The maximum atomic E-state index is 13.5. The van der Waals surface area contributed by atoms with Crippen LogP contribution in [-0.2, 0) is 20.6 Å². The SMILES string of the molecule is CCOC1CN(C(=O)OC(C)(C)C)C(C(O)C(Cc2cc(F)cc(F)c2)[N+](=O)[O-])CO1. The van der Waals surface area contributed by atoms with Crippen LogP contribution in [0, 0.1) is 21.7 Å². The van der Waals surface area contributed by atoms with Crippen molar-refractivity contribution >= 4 is 6.09 Å². The zero-order valence-corrected chi connectivity index (χ0v) is 17.9. The number of morpholine rings is 1. The van der Waals surface area contributed by atoms with Gasteiger partial charge in [-0.15, -0.1) is 0 Å². The fraction of sp³-hybridized carbons (Fsp3) is 0.650. The van der Waals surface area contributed by atoms with Gasteiger partial charge in [-0.2, -0.15) is 0 Å². The topological polar surface area (TPSA) is 111 Å². The van der Waals surface area contributed by atoms with Gasteiger partial charge in [-0.25, -0.2) is 13.6 Å². The van der Waals surface area contributed by atoms with Gasteiger partial charge in [-0.3, -0.25) is 15.0 Å². The molecule has 11 heteroatoms. The molecule has 0 bridgehead atoms. The average Bonchev–Trinajstić information content (AvgIpc) is 2.63. The number of aliphatic hydroxyl groups excluding tert-OH is 1. The van der Waals surface area contributed by atoms with Gasteiger partial charge >= 0.3 is 6.09 Å².